The summed E-state index contributed by atoms with van der Waals surface area (Å²) in [6.45, 7) is 8.66. The summed E-state index contributed by atoms with van der Waals surface area (Å²) in [5, 5.41) is 8.81. The molecule has 3 heterocycles. The average molecular weight is 450 g/mol. The SMILES string of the molecule is Clc1ccc(N2CCN(CCCc3n[nH]c4c3CN(Cc3ccccc3)CC4)CC2)cc1. The van der Waals surface area contributed by atoms with Gasteiger partial charge in [-0.05, 0) is 49.2 Å². The second-order valence-corrected chi connectivity index (χ2v) is 9.42. The number of halogens is 1. The Hall–Kier alpha value is -2.34. The number of nitrogens with one attached hydrogen (secondary N) is 1. The topological polar surface area (TPSA) is 38.4 Å². The largest absolute Gasteiger partial charge is 0.369 e. The van der Waals surface area contributed by atoms with Gasteiger partial charge in [0.05, 0.1) is 5.69 Å². The Morgan fingerprint density at radius 2 is 1.66 bits per heavy atom. The number of fused-ring (bicyclic) bond motifs is 1. The molecule has 0 unspecified atom stereocenters. The van der Waals surface area contributed by atoms with Crippen LogP contribution in [-0.4, -0.2) is 59.3 Å². The van der Waals surface area contributed by atoms with E-state index in [0.29, 0.717) is 0 Å². The molecule has 1 saturated heterocycles. The van der Waals surface area contributed by atoms with E-state index >= 15 is 0 Å². The van der Waals surface area contributed by atoms with Gasteiger partial charge in [0.2, 0.25) is 0 Å². The van der Waals surface area contributed by atoms with Gasteiger partial charge in [-0.3, -0.25) is 14.9 Å². The van der Waals surface area contributed by atoms with E-state index < -0.39 is 0 Å². The minimum atomic E-state index is 0.802. The molecule has 2 aromatic carbocycles. The van der Waals surface area contributed by atoms with E-state index in [1.807, 2.05) is 12.1 Å². The van der Waals surface area contributed by atoms with Crippen LogP contribution in [0.2, 0.25) is 5.02 Å². The van der Waals surface area contributed by atoms with Gasteiger partial charge >= 0.3 is 0 Å². The van der Waals surface area contributed by atoms with E-state index in [4.69, 9.17) is 16.7 Å². The Morgan fingerprint density at radius 3 is 2.44 bits per heavy atom. The maximum atomic E-state index is 6.03. The monoisotopic (exact) mass is 449 g/mol. The number of aromatic amines is 1. The molecule has 168 valence electrons. The molecule has 1 N–H and O–H groups in total. The van der Waals surface area contributed by atoms with Crippen molar-refractivity contribution in [2.75, 3.05) is 44.2 Å². The van der Waals surface area contributed by atoms with Gasteiger partial charge in [-0.2, -0.15) is 5.10 Å². The third kappa shape index (κ3) is 5.17. The van der Waals surface area contributed by atoms with Gasteiger partial charge < -0.3 is 4.90 Å². The molecule has 0 aliphatic carbocycles. The highest BCUT2D eigenvalue weighted by Gasteiger charge is 2.22. The first kappa shape index (κ1) is 21.5. The van der Waals surface area contributed by atoms with E-state index in [9.17, 15) is 0 Å². The summed E-state index contributed by atoms with van der Waals surface area (Å²) in [4.78, 5) is 7.60. The van der Waals surface area contributed by atoms with E-state index in [1.54, 1.807) is 0 Å². The van der Waals surface area contributed by atoms with Crippen LogP contribution in [0.15, 0.2) is 54.6 Å². The molecule has 1 aromatic heterocycles. The fourth-order valence-electron chi connectivity index (χ4n) is 4.95. The highest BCUT2D eigenvalue weighted by Crippen LogP contribution is 2.23. The molecule has 1 fully saturated rings. The zero-order chi connectivity index (χ0) is 21.8. The molecule has 0 radical (unpaired) electrons. The molecule has 3 aromatic rings. The lowest BCUT2D eigenvalue weighted by Gasteiger charge is -2.36. The van der Waals surface area contributed by atoms with Crippen LogP contribution in [-0.2, 0) is 25.9 Å². The first-order valence-electron chi connectivity index (χ1n) is 11.8. The normalized spacial score (nSPS) is 17.5. The predicted molar refractivity (Wildman–Crippen MR) is 131 cm³/mol. The van der Waals surface area contributed by atoms with Crippen molar-refractivity contribution in [3.63, 3.8) is 0 Å². The molecule has 0 saturated carbocycles. The van der Waals surface area contributed by atoms with Gasteiger partial charge in [0.1, 0.15) is 0 Å². The summed E-state index contributed by atoms with van der Waals surface area (Å²) in [6, 6.07) is 19.0. The van der Waals surface area contributed by atoms with Gasteiger partial charge in [0.15, 0.2) is 0 Å². The highest BCUT2D eigenvalue weighted by molar-refractivity contribution is 6.30. The van der Waals surface area contributed by atoms with Crippen molar-refractivity contribution in [1.82, 2.24) is 20.0 Å². The maximum Gasteiger partial charge on any atom is 0.0670 e. The average Bonchev–Trinajstić information content (AvgIpc) is 3.23. The lowest BCUT2D eigenvalue weighted by Crippen LogP contribution is -2.46. The van der Waals surface area contributed by atoms with Crippen LogP contribution in [0.5, 0.6) is 0 Å². The number of rotatable bonds is 7. The lowest BCUT2D eigenvalue weighted by molar-refractivity contribution is 0.242. The van der Waals surface area contributed by atoms with Crippen molar-refractivity contribution < 1.29 is 0 Å². The number of piperazine rings is 1. The molecule has 5 rings (SSSR count). The summed E-state index contributed by atoms with van der Waals surface area (Å²) in [5.41, 5.74) is 6.73. The number of nitrogens with zero attached hydrogens (tertiary/aromatic N) is 4. The van der Waals surface area contributed by atoms with Crippen LogP contribution in [0.25, 0.3) is 0 Å². The Balaban J connectivity index is 1.09. The summed E-state index contributed by atoms with van der Waals surface area (Å²) in [6.07, 6.45) is 3.29. The van der Waals surface area contributed by atoms with Crippen LogP contribution >= 0.6 is 11.6 Å². The van der Waals surface area contributed by atoms with Gasteiger partial charge in [-0.1, -0.05) is 41.9 Å². The Bertz CT molecular complexity index is 993. The molecule has 32 heavy (non-hydrogen) atoms. The maximum absolute atomic E-state index is 6.03. The molecule has 0 bridgehead atoms. The van der Waals surface area contributed by atoms with Crippen LogP contribution < -0.4 is 4.90 Å². The molecular weight excluding hydrogens is 418 g/mol. The van der Waals surface area contributed by atoms with Crippen molar-refractivity contribution >= 4 is 17.3 Å². The number of aromatic nitrogens is 2. The van der Waals surface area contributed by atoms with E-state index in [1.165, 1.54) is 28.2 Å². The minimum Gasteiger partial charge on any atom is -0.369 e. The predicted octanol–water partition coefficient (Wildman–Crippen LogP) is 4.38. The van der Waals surface area contributed by atoms with Crippen molar-refractivity contribution in [3.8, 4) is 0 Å². The molecule has 6 heteroatoms. The van der Waals surface area contributed by atoms with Gasteiger partial charge in [0, 0.05) is 74.2 Å². The third-order valence-electron chi connectivity index (χ3n) is 6.80. The Labute approximate surface area is 196 Å². The molecule has 0 atom stereocenters. The van der Waals surface area contributed by atoms with Crippen LogP contribution in [0, 0.1) is 0 Å². The van der Waals surface area contributed by atoms with Gasteiger partial charge in [-0.15, -0.1) is 0 Å². The van der Waals surface area contributed by atoms with Crippen LogP contribution in [0.4, 0.5) is 5.69 Å². The number of anilines is 1. The molecule has 0 spiro atoms. The number of aryl methyl sites for hydroxylation is 1. The quantitative estimate of drug-likeness (QED) is 0.581. The molecule has 5 nitrogen and oxygen atoms in total. The van der Waals surface area contributed by atoms with Crippen molar-refractivity contribution in [2.45, 2.75) is 32.4 Å². The number of hydrogen-bond acceptors (Lipinski definition) is 4. The fourth-order valence-corrected chi connectivity index (χ4v) is 5.07. The zero-order valence-electron chi connectivity index (χ0n) is 18.6. The second-order valence-electron chi connectivity index (χ2n) is 8.98. The summed E-state index contributed by atoms with van der Waals surface area (Å²) in [5.74, 6) is 0. The highest BCUT2D eigenvalue weighted by atomic mass is 35.5. The standard InChI is InChI=1S/C26H32ClN5/c27-22-8-10-23(11-9-22)32-17-15-30(16-18-32)13-4-7-25-24-20-31(14-12-26(24)29-28-25)19-21-5-2-1-3-6-21/h1-3,5-6,8-11H,4,7,12-20H2,(H,28,29). The van der Waals surface area contributed by atoms with Crippen molar-refractivity contribution in [3.05, 3.63) is 82.1 Å². The summed E-state index contributed by atoms with van der Waals surface area (Å²) < 4.78 is 0. The van der Waals surface area contributed by atoms with Gasteiger partial charge in [-0.25, -0.2) is 0 Å². The summed E-state index contributed by atoms with van der Waals surface area (Å²) in [7, 11) is 0. The zero-order valence-corrected chi connectivity index (χ0v) is 19.4. The lowest BCUT2D eigenvalue weighted by atomic mass is 10.0. The Morgan fingerprint density at radius 1 is 0.875 bits per heavy atom. The van der Waals surface area contributed by atoms with Crippen LogP contribution in [0.3, 0.4) is 0 Å². The second kappa shape index (κ2) is 10.1. The van der Waals surface area contributed by atoms with Crippen molar-refractivity contribution in [1.29, 1.82) is 0 Å². The Kier molecular flexibility index (Phi) is 6.77. The fraction of sp³-hybridized carbons (Fsp3) is 0.423. The molecule has 2 aliphatic rings. The van der Waals surface area contributed by atoms with Gasteiger partial charge in [0.25, 0.3) is 0 Å². The van der Waals surface area contributed by atoms with Crippen LogP contribution in [0.1, 0.15) is 28.9 Å². The first-order chi connectivity index (χ1) is 15.7. The summed E-state index contributed by atoms with van der Waals surface area (Å²) >= 11 is 6.03. The number of hydrogen-bond donors (Lipinski definition) is 1. The minimum absolute atomic E-state index is 0.802. The first-order valence-corrected chi connectivity index (χ1v) is 12.2. The molecule has 0 amide bonds. The molecule has 2 aliphatic heterocycles. The smallest absolute Gasteiger partial charge is 0.0670 e. The number of H-pyrrole nitrogens is 1. The third-order valence-corrected chi connectivity index (χ3v) is 7.05. The van der Waals surface area contributed by atoms with E-state index in [2.05, 4.69) is 62.3 Å². The number of benzene rings is 2. The van der Waals surface area contributed by atoms with Crippen molar-refractivity contribution in [2.24, 2.45) is 0 Å². The van der Waals surface area contributed by atoms with E-state index in [-0.39, 0.29) is 0 Å². The molecular formula is C26H32ClN5. The van der Waals surface area contributed by atoms with E-state index in [0.717, 1.165) is 76.6 Å².